The summed E-state index contributed by atoms with van der Waals surface area (Å²) in [5.41, 5.74) is -0.331. The highest BCUT2D eigenvalue weighted by Gasteiger charge is 2.35. The number of rotatable bonds is 3. The summed E-state index contributed by atoms with van der Waals surface area (Å²) >= 11 is 0. The number of aromatic carboxylic acids is 1. The summed E-state index contributed by atoms with van der Waals surface area (Å²) in [6.07, 6.45) is 1.40. The monoisotopic (exact) mass is 313 g/mol. The zero-order valence-corrected chi connectivity index (χ0v) is 11.9. The number of carboxylic acid groups (broad SMARTS) is 1. The Balaban J connectivity index is 2.26. The fraction of sp³-hybridized carbons (Fsp3) is 0.385. The number of amides is 1. The standard InChI is InChI=1S/C13H15NO6S/c15-8-4-5-10(9(7-8)13(17)18)14-12(16)11-3-1-2-6-21(11,19)20/h4-5,7,11,15H,1-3,6H2,(H,14,16)(H,17,18). The van der Waals surface area contributed by atoms with Crippen LogP contribution in [0, 0.1) is 0 Å². The molecule has 0 radical (unpaired) electrons. The predicted molar refractivity (Wildman–Crippen MR) is 75.1 cm³/mol. The Kier molecular flexibility index (Phi) is 4.17. The molecule has 0 bridgehead atoms. The van der Waals surface area contributed by atoms with E-state index >= 15 is 0 Å². The largest absolute Gasteiger partial charge is 0.508 e. The van der Waals surface area contributed by atoms with Gasteiger partial charge in [-0.3, -0.25) is 4.79 Å². The fourth-order valence-electron chi connectivity index (χ4n) is 2.28. The quantitative estimate of drug-likeness (QED) is 0.716. The third kappa shape index (κ3) is 3.33. The molecule has 1 fully saturated rings. The maximum atomic E-state index is 12.1. The van der Waals surface area contributed by atoms with Crippen molar-refractivity contribution in [1.82, 2.24) is 0 Å². The Morgan fingerprint density at radius 3 is 2.57 bits per heavy atom. The van der Waals surface area contributed by atoms with E-state index in [0.29, 0.717) is 12.8 Å². The lowest BCUT2D eigenvalue weighted by molar-refractivity contribution is -0.116. The van der Waals surface area contributed by atoms with Crippen molar-refractivity contribution in [2.45, 2.75) is 24.5 Å². The van der Waals surface area contributed by atoms with E-state index in [1.807, 2.05) is 0 Å². The summed E-state index contributed by atoms with van der Waals surface area (Å²) in [4.78, 5) is 23.2. The maximum absolute atomic E-state index is 12.1. The van der Waals surface area contributed by atoms with E-state index in [4.69, 9.17) is 5.11 Å². The first-order valence-electron chi connectivity index (χ1n) is 6.40. The third-order valence-electron chi connectivity index (χ3n) is 3.36. The number of hydrogen-bond donors (Lipinski definition) is 3. The van der Waals surface area contributed by atoms with Crippen LogP contribution in [0.15, 0.2) is 18.2 Å². The van der Waals surface area contributed by atoms with Crippen LogP contribution in [0.5, 0.6) is 5.75 Å². The number of benzene rings is 1. The molecule has 1 unspecified atom stereocenters. The van der Waals surface area contributed by atoms with Gasteiger partial charge in [-0.15, -0.1) is 0 Å². The van der Waals surface area contributed by atoms with E-state index in [0.717, 1.165) is 6.07 Å². The van der Waals surface area contributed by atoms with Crippen LogP contribution < -0.4 is 5.32 Å². The zero-order valence-electron chi connectivity index (χ0n) is 11.1. The molecule has 1 aliphatic rings. The van der Waals surface area contributed by atoms with Crippen molar-refractivity contribution < 1.29 is 28.2 Å². The van der Waals surface area contributed by atoms with Gasteiger partial charge in [-0.25, -0.2) is 13.2 Å². The maximum Gasteiger partial charge on any atom is 0.337 e. The Hall–Kier alpha value is -2.09. The SMILES string of the molecule is O=C(O)c1cc(O)ccc1NC(=O)C1CCCCS1(=O)=O. The van der Waals surface area contributed by atoms with Crippen LogP contribution in [0.4, 0.5) is 5.69 Å². The van der Waals surface area contributed by atoms with Crippen LogP contribution in [-0.2, 0) is 14.6 Å². The average molecular weight is 313 g/mol. The molecule has 8 heteroatoms. The molecule has 0 aromatic heterocycles. The normalized spacial score (nSPS) is 20.7. The van der Waals surface area contributed by atoms with Crippen LogP contribution in [0.3, 0.4) is 0 Å². The molecule has 0 spiro atoms. The van der Waals surface area contributed by atoms with Crippen molar-refractivity contribution in [3.63, 3.8) is 0 Å². The van der Waals surface area contributed by atoms with Crippen molar-refractivity contribution >= 4 is 27.4 Å². The summed E-state index contributed by atoms with van der Waals surface area (Å²) in [5, 5.41) is 19.5. The topological polar surface area (TPSA) is 121 Å². The molecule has 21 heavy (non-hydrogen) atoms. The number of phenolic OH excluding ortho intramolecular Hbond substituents is 1. The van der Waals surface area contributed by atoms with Gasteiger partial charge in [0, 0.05) is 0 Å². The van der Waals surface area contributed by atoms with E-state index in [-0.39, 0.29) is 29.2 Å². The first-order chi connectivity index (χ1) is 9.81. The number of hydrogen-bond acceptors (Lipinski definition) is 5. The minimum atomic E-state index is -3.49. The van der Waals surface area contributed by atoms with Gasteiger partial charge in [0.2, 0.25) is 5.91 Å². The fourth-order valence-corrected chi connectivity index (χ4v) is 4.08. The highest BCUT2D eigenvalue weighted by molar-refractivity contribution is 7.92. The number of carbonyl (C=O) groups excluding carboxylic acids is 1. The Bertz CT molecular complexity index is 682. The highest BCUT2D eigenvalue weighted by atomic mass is 32.2. The van der Waals surface area contributed by atoms with E-state index in [1.165, 1.54) is 12.1 Å². The molecular formula is C13H15NO6S. The van der Waals surface area contributed by atoms with Crippen LogP contribution in [0.2, 0.25) is 0 Å². The van der Waals surface area contributed by atoms with Gasteiger partial charge < -0.3 is 15.5 Å². The molecular weight excluding hydrogens is 298 g/mol. The minimum absolute atomic E-state index is 0.0353. The molecule has 0 aliphatic carbocycles. The number of phenols is 1. The van der Waals surface area contributed by atoms with Gasteiger partial charge in [-0.05, 0) is 31.0 Å². The summed E-state index contributed by atoms with van der Waals surface area (Å²) < 4.78 is 23.7. The summed E-state index contributed by atoms with van der Waals surface area (Å²) in [5.74, 6) is -2.35. The lowest BCUT2D eigenvalue weighted by Crippen LogP contribution is -2.39. The van der Waals surface area contributed by atoms with Crippen molar-refractivity contribution in [1.29, 1.82) is 0 Å². The lowest BCUT2D eigenvalue weighted by atomic mass is 10.1. The minimum Gasteiger partial charge on any atom is -0.508 e. The number of carbonyl (C=O) groups is 2. The highest BCUT2D eigenvalue weighted by Crippen LogP contribution is 2.24. The zero-order chi connectivity index (χ0) is 15.6. The predicted octanol–water partition coefficient (Wildman–Crippen LogP) is 0.996. The van der Waals surface area contributed by atoms with Crippen molar-refractivity contribution in [3.05, 3.63) is 23.8 Å². The number of anilines is 1. The van der Waals surface area contributed by atoms with Crippen molar-refractivity contribution in [2.24, 2.45) is 0 Å². The van der Waals surface area contributed by atoms with Crippen LogP contribution in [-0.4, -0.2) is 41.5 Å². The third-order valence-corrected chi connectivity index (χ3v) is 5.54. The van der Waals surface area contributed by atoms with E-state index < -0.39 is 27.0 Å². The Morgan fingerprint density at radius 1 is 1.24 bits per heavy atom. The van der Waals surface area contributed by atoms with Gasteiger partial charge in [-0.2, -0.15) is 0 Å². The number of nitrogens with one attached hydrogen (secondary N) is 1. The number of aromatic hydroxyl groups is 1. The van der Waals surface area contributed by atoms with Gasteiger partial charge in [0.05, 0.1) is 17.0 Å². The molecule has 1 saturated heterocycles. The Morgan fingerprint density at radius 2 is 1.95 bits per heavy atom. The number of sulfone groups is 1. The van der Waals surface area contributed by atoms with E-state index in [2.05, 4.69) is 5.32 Å². The lowest BCUT2D eigenvalue weighted by Gasteiger charge is -2.21. The summed E-state index contributed by atoms with van der Waals surface area (Å²) in [6.45, 7) is 0. The molecule has 114 valence electrons. The molecule has 0 saturated carbocycles. The number of carboxylic acids is 1. The molecule has 1 atom stereocenters. The molecule has 1 aromatic carbocycles. The summed E-state index contributed by atoms with van der Waals surface area (Å²) in [6, 6.07) is 3.44. The van der Waals surface area contributed by atoms with Crippen molar-refractivity contribution in [3.8, 4) is 5.75 Å². The molecule has 1 amide bonds. The first-order valence-corrected chi connectivity index (χ1v) is 8.11. The molecule has 2 rings (SSSR count). The van der Waals surface area contributed by atoms with Gasteiger partial charge in [0.1, 0.15) is 11.0 Å². The van der Waals surface area contributed by atoms with Gasteiger partial charge in [0.25, 0.3) is 0 Å². The van der Waals surface area contributed by atoms with Gasteiger partial charge in [0.15, 0.2) is 9.84 Å². The van der Waals surface area contributed by atoms with E-state index in [9.17, 15) is 23.1 Å². The first kappa shape index (κ1) is 15.3. The van der Waals surface area contributed by atoms with Gasteiger partial charge in [-0.1, -0.05) is 6.42 Å². The molecule has 1 aromatic rings. The second-order valence-electron chi connectivity index (χ2n) is 4.88. The van der Waals surface area contributed by atoms with Gasteiger partial charge >= 0.3 is 5.97 Å². The second-order valence-corrected chi connectivity index (χ2v) is 7.18. The van der Waals surface area contributed by atoms with Crippen LogP contribution >= 0.6 is 0 Å². The van der Waals surface area contributed by atoms with Crippen LogP contribution in [0.1, 0.15) is 29.6 Å². The Labute approximate surface area is 121 Å². The van der Waals surface area contributed by atoms with Crippen LogP contribution in [0.25, 0.3) is 0 Å². The summed E-state index contributed by atoms with van der Waals surface area (Å²) in [7, 11) is -3.49. The molecule has 1 heterocycles. The molecule has 3 N–H and O–H groups in total. The van der Waals surface area contributed by atoms with Crippen molar-refractivity contribution in [2.75, 3.05) is 11.1 Å². The average Bonchev–Trinajstić information content (AvgIpc) is 2.39. The molecule has 7 nitrogen and oxygen atoms in total. The van der Waals surface area contributed by atoms with E-state index in [1.54, 1.807) is 0 Å². The second kappa shape index (κ2) is 5.72. The smallest absolute Gasteiger partial charge is 0.337 e. The molecule has 1 aliphatic heterocycles.